The Hall–Kier alpha value is -6.75. The van der Waals surface area contributed by atoms with Crippen molar-refractivity contribution in [3.05, 3.63) is 64.2 Å². The molecule has 2 amide bonds. The summed E-state index contributed by atoms with van der Waals surface area (Å²) in [7, 11) is 0. The molecule has 5 rings (SSSR count). The minimum atomic E-state index is -0.728. The van der Waals surface area contributed by atoms with E-state index in [-0.39, 0.29) is 74.9 Å². The van der Waals surface area contributed by atoms with E-state index in [0.29, 0.717) is 76.6 Å². The molecule has 2 saturated heterocycles. The van der Waals surface area contributed by atoms with Crippen LogP contribution in [0.2, 0.25) is 10.3 Å². The Kier molecular flexibility index (Phi) is 14.2. The van der Waals surface area contributed by atoms with Gasteiger partial charge in [0.1, 0.15) is 5.82 Å². The summed E-state index contributed by atoms with van der Waals surface area (Å²) in [5.74, 6) is -1.16. The number of pyridine rings is 1. The van der Waals surface area contributed by atoms with E-state index in [9.17, 15) is 9.59 Å². The molecule has 58 heavy (non-hydrogen) atoms. The number of carbonyl (C=O) groups is 2. The third kappa shape index (κ3) is 11.6. The number of carbonyl (C=O) groups excluding carboxylic acids is 2. The third-order valence-corrected chi connectivity index (χ3v) is 9.42. The van der Waals surface area contributed by atoms with Crippen LogP contribution >= 0.6 is 23.2 Å². The van der Waals surface area contributed by atoms with Crippen molar-refractivity contribution >= 4 is 82.1 Å². The van der Waals surface area contributed by atoms with Gasteiger partial charge < -0.3 is 49.9 Å². The molecule has 308 valence electrons. The van der Waals surface area contributed by atoms with Crippen LogP contribution in [0.25, 0.3) is 0 Å². The van der Waals surface area contributed by atoms with Crippen molar-refractivity contribution in [1.29, 1.82) is 0 Å². The molecular weight excluding hydrogens is 793 g/mol. The van der Waals surface area contributed by atoms with E-state index >= 15 is 0 Å². The monoisotopic (exact) mass is 837 g/mol. The molecule has 3 aromatic rings. The number of nitrogens with two attached hydrogens (primary N) is 7. The van der Waals surface area contributed by atoms with E-state index in [4.69, 9.17) is 68.3 Å². The van der Waals surface area contributed by atoms with Gasteiger partial charge in [-0.3, -0.25) is 35.5 Å². The average molecular weight is 839 g/mol. The molecule has 2 aliphatic heterocycles. The zero-order valence-corrected chi connectivity index (χ0v) is 32.8. The summed E-state index contributed by atoms with van der Waals surface area (Å²) in [6.45, 7) is 6.78. The van der Waals surface area contributed by atoms with Gasteiger partial charge in [-0.15, -0.1) is 0 Å². The highest BCUT2D eigenvalue weighted by Gasteiger charge is 2.26. The van der Waals surface area contributed by atoms with Crippen LogP contribution < -0.4 is 56.1 Å². The number of halogens is 2. The number of aromatic nitrogens is 5. The third-order valence-electron chi connectivity index (χ3n) is 8.87. The Morgan fingerprint density at radius 3 is 1.66 bits per heavy atom. The lowest BCUT2D eigenvalue weighted by Crippen LogP contribution is -2.51. The highest BCUT2D eigenvalue weighted by Crippen LogP contribution is 2.21. The number of anilines is 4. The number of amides is 2. The van der Waals surface area contributed by atoms with Crippen molar-refractivity contribution in [2.45, 2.75) is 44.2 Å². The second-order valence-electron chi connectivity index (χ2n) is 13.0. The van der Waals surface area contributed by atoms with Crippen LogP contribution in [0.4, 0.5) is 23.3 Å². The molecule has 0 aliphatic carbocycles. The van der Waals surface area contributed by atoms with E-state index in [0.717, 1.165) is 5.56 Å². The molecule has 5 heterocycles. The first-order valence-electron chi connectivity index (χ1n) is 17.9. The maximum atomic E-state index is 12.7. The minimum absolute atomic E-state index is 0.0998. The van der Waals surface area contributed by atoms with Gasteiger partial charge in [0.2, 0.25) is 5.96 Å². The van der Waals surface area contributed by atoms with Gasteiger partial charge >= 0.3 is 0 Å². The van der Waals surface area contributed by atoms with Gasteiger partial charge in [0.25, 0.3) is 11.8 Å². The van der Waals surface area contributed by atoms with Crippen LogP contribution in [-0.2, 0) is 6.42 Å². The average Bonchev–Trinajstić information content (AvgIpc) is 3.18. The molecule has 25 heteroatoms. The highest BCUT2D eigenvalue weighted by molar-refractivity contribution is 6.32. The summed E-state index contributed by atoms with van der Waals surface area (Å²) in [6, 6.07) is 3.41. The molecule has 0 aromatic carbocycles. The smallest absolute Gasteiger partial charge is 0.280 e. The van der Waals surface area contributed by atoms with Crippen LogP contribution in [0.15, 0.2) is 56.9 Å². The lowest BCUT2D eigenvalue weighted by atomic mass is 10.1. The van der Waals surface area contributed by atoms with Gasteiger partial charge in [-0.25, -0.2) is 29.9 Å². The number of hydrogen-bond acceptors (Lipinski definition) is 16. The van der Waals surface area contributed by atoms with E-state index in [1.54, 1.807) is 12.4 Å². The van der Waals surface area contributed by atoms with Gasteiger partial charge in [0, 0.05) is 45.1 Å². The maximum absolute atomic E-state index is 12.7. The predicted molar refractivity (Wildman–Crippen MR) is 223 cm³/mol. The van der Waals surface area contributed by atoms with Gasteiger partial charge in [-0.05, 0) is 49.8 Å². The number of nitrogens with one attached hydrogen (secondary N) is 3. The van der Waals surface area contributed by atoms with Crippen molar-refractivity contribution in [3.8, 4) is 0 Å². The fraction of sp³-hybridized carbons (Fsp3) is 0.364. The quantitative estimate of drug-likeness (QED) is 0.0911. The molecule has 2 fully saturated rings. The lowest BCUT2D eigenvalue weighted by molar-refractivity contribution is 0.0963. The van der Waals surface area contributed by atoms with Crippen molar-refractivity contribution in [2.75, 3.05) is 55.7 Å². The van der Waals surface area contributed by atoms with Gasteiger partial charge in [0.05, 0.1) is 12.1 Å². The summed E-state index contributed by atoms with van der Waals surface area (Å²) < 4.78 is 0. The molecule has 3 aromatic heterocycles. The van der Waals surface area contributed by atoms with Crippen molar-refractivity contribution < 1.29 is 9.59 Å². The number of rotatable bonds is 9. The summed E-state index contributed by atoms with van der Waals surface area (Å²) in [4.78, 5) is 67.2. The first-order valence-corrected chi connectivity index (χ1v) is 18.6. The predicted octanol–water partition coefficient (Wildman–Crippen LogP) is -1.01. The first kappa shape index (κ1) is 42.4. The SMILES string of the molecule is C=C(N=C(NC(N)=NCCc1ccncc1)N1CCC(N=C(N)NC(=O)c2nc(Cl)c(N)nc2N)CC1)N1CCC(N=C(N)NC(=O)c2nc(Cl)c(N)nc2N)CC1. The van der Waals surface area contributed by atoms with Crippen molar-refractivity contribution in [3.63, 3.8) is 0 Å². The van der Waals surface area contributed by atoms with Crippen molar-refractivity contribution in [2.24, 2.45) is 37.2 Å². The zero-order chi connectivity index (χ0) is 41.9. The second kappa shape index (κ2) is 19.4. The molecule has 2 aliphatic rings. The normalized spacial score (nSPS) is 16.2. The lowest BCUT2D eigenvalue weighted by Gasteiger charge is -2.35. The summed E-state index contributed by atoms with van der Waals surface area (Å²) >= 11 is 11.8. The minimum Gasteiger partial charge on any atom is -0.382 e. The number of hydrogen-bond donors (Lipinski definition) is 10. The fourth-order valence-corrected chi connectivity index (χ4v) is 6.12. The number of piperidine rings is 2. The zero-order valence-electron chi connectivity index (χ0n) is 31.3. The summed E-state index contributed by atoms with van der Waals surface area (Å²) in [5, 5.41) is 7.78. The molecule has 0 saturated carbocycles. The number of nitrogens with zero attached hydrogens (tertiary/aromatic N) is 11. The standard InChI is InChI=1S/C33H45Cl2N21O2/c1-16(55-12-5-18(6-13-55)46-31(41)52-28(57)20-24(36)50-26(38)22(34)48-20)45-33(54-30(40)44-11-4-17-2-9-43-10-3-17)56-14-7-19(8-15-56)47-32(42)53-29(58)21-25(37)51-27(39)23(35)49-21/h2-3,9-10,18-19H,1,4-8,11-15H2,(H4,36,38,50)(H4,37,39,51)(H3,40,44,45,54)(H3,41,46,52,57)(H3,42,47,53,58). The van der Waals surface area contributed by atoms with Crippen LogP contribution in [0.1, 0.15) is 52.2 Å². The maximum Gasteiger partial charge on any atom is 0.280 e. The molecule has 17 N–H and O–H groups in total. The first-order chi connectivity index (χ1) is 27.7. The molecule has 0 unspecified atom stereocenters. The van der Waals surface area contributed by atoms with E-state index in [2.05, 4.69) is 62.4 Å². The summed E-state index contributed by atoms with van der Waals surface area (Å²) in [6.07, 6.45) is 6.41. The van der Waals surface area contributed by atoms with Gasteiger partial charge in [-0.1, -0.05) is 29.8 Å². The Bertz CT molecular complexity index is 2110. The molecule has 0 bridgehead atoms. The van der Waals surface area contributed by atoms with Crippen LogP contribution in [-0.4, -0.2) is 115 Å². The van der Waals surface area contributed by atoms with Gasteiger partial charge in [0.15, 0.2) is 62.8 Å². The van der Waals surface area contributed by atoms with Crippen LogP contribution in [0.5, 0.6) is 0 Å². The van der Waals surface area contributed by atoms with E-state index < -0.39 is 11.8 Å². The number of likely N-dealkylation sites (tertiary alicyclic amines) is 2. The largest absolute Gasteiger partial charge is 0.382 e. The number of aliphatic imine (C=N–C) groups is 4. The topological polar surface area (TPSA) is 373 Å². The summed E-state index contributed by atoms with van der Waals surface area (Å²) in [5.41, 5.74) is 41.8. The highest BCUT2D eigenvalue weighted by atomic mass is 35.5. The Morgan fingerprint density at radius 1 is 0.707 bits per heavy atom. The molecule has 23 nitrogen and oxygen atoms in total. The Morgan fingerprint density at radius 2 is 1.17 bits per heavy atom. The van der Waals surface area contributed by atoms with Crippen LogP contribution in [0.3, 0.4) is 0 Å². The molecule has 0 atom stereocenters. The number of nitrogen functional groups attached to an aromatic ring is 4. The van der Waals surface area contributed by atoms with Crippen molar-refractivity contribution in [1.82, 2.24) is 50.7 Å². The fourth-order valence-electron chi connectivity index (χ4n) is 5.87. The second-order valence-corrected chi connectivity index (χ2v) is 13.7. The molecule has 0 radical (unpaired) electrons. The van der Waals surface area contributed by atoms with E-state index in [1.165, 1.54) is 0 Å². The van der Waals surface area contributed by atoms with E-state index in [1.807, 2.05) is 21.9 Å². The molecule has 0 spiro atoms. The Labute approximate surface area is 342 Å². The van der Waals surface area contributed by atoms with Crippen LogP contribution in [0, 0.1) is 0 Å². The Balaban J connectivity index is 1.21. The number of guanidine groups is 4. The molecular formula is C33H45Cl2N21O2. The van der Waals surface area contributed by atoms with Gasteiger partial charge in [-0.2, -0.15) is 4.99 Å².